The molecular weight excluding hydrogens is 1610 g/mol. The first-order valence-electron chi connectivity index (χ1n) is 48.1. The fraction of sp³-hybridized carbons (Fsp3) is 0.729. The zero-order chi connectivity index (χ0) is 89.6. The molecule has 700 valence electrons. The van der Waals surface area contributed by atoms with E-state index >= 15 is 4.57 Å². The van der Waals surface area contributed by atoms with Gasteiger partial charge in [0.05, 0.1) is 70.4 Å². The fourth-order valence-corrected chi connectivity index (χ4v) is 18.2. The van der Waals surface area contributed by atoms with E-state index in [0.29, 0.717) is 25.6 Å². The maximum Gasteiger partial charge on any atom is 0.365 e. The number of carbonyl (C=O) groups is 4. The monoisotopic (exact) mass is 1770 g/mol. The van der Waals surface area contributed by atoms with Crippen molar-refractivity contribution in [2.24, 2.45) is 5.92 Å². The number of benzene rings is 2. The van der Waals surface area contributed by atoms with Gasteiger partial charge in [-0.2, -0.15) is 15.2 Å². The van der Waals surface area contributed by atoms with Gasteiger partial charge < -0.3 is 62.8 Å². The first-order valence-corrected chi connectivity index (χ1v) is 49.7. The number of nitrogens with zero attached hydrogens (tertiary/aromatic N) is 6. The molecule has 0 saturated carbocycles. The summed E-state index contributed by atoms with van der Waals surface area (Å²) in [5.74, 6) is -6.22. The van der Waals surface area contributed by atoms with Gasteiger partial charge in [0.25, 0.3) is 11.5 Å². The normalized spacial score (nSPS) is 18.0. The Kier molecular flexibility index (Phi) is 50.3. The number of esters is 2. The standard InChI is InChI=1S/C96H152N9O19P/c1-6-9-12-15-18-21-24-27-30-33-36-39-42-45-48-54-63-116-78-67-77(68-79(117-64-55-49-46-43-40-37-34-31-28-25-22-19-16-13-10-7-2)87(78)118-65-56-50-47-44-41-38-35-32-29-26-23-20-17-14-11-8-3)92(111)119-73-85(107)124-95(113)69-83(104-62-60-82(100-94(104)112)99-90(109)76-58-52-51-53-59-76)123-81(95)72-121-125(115,120-66-57-61-97)96(114)70-84(122-80(96)71-106)105-74-98-86-88(105)101-93(103-91(86)110)102-89(108)75(4)5/h51-53,58-60,62,67-68,74-75,80-81,83-84,106,113-114H,6-50,54-57,63-66,69-73H2,1-5H3,(H,99,100,109,112)(H2,101,102,103,108,110)/t80-,81-,83-,84-,95-,96-,125?/m1/s1. The number of carbonyl (C=O) groups excluding carboxylic acids is 4. The molecule has 0 radical (unpaired) electrons. The maximum absolute atomic E-state index is 15.7. The van der Waals surface area contributed by atoms with Gasteiger partial charge in [-0.3, -0.25) is 38.4 Å². The summed E-state index contributed by atoms with van der Waals surface area (Å²) in [4.78, 5) is 97.3. The Balaban J connectivity index is 1.09. The van der Waals surface area contributed by atoms with Gasteiger partial charge in [-0.05, 0) is 49.6 Å². The highest BCUT2D eigenvalue weighted by atomic mass is 31.2. The van der Waals surface area contributed by atoms with Crippen LogP contribution in [0.3, 0.4) is 0 Å². The van der Waals surface area contributed by atoms with E-state index in [2.05, 4.69) is 51.3 Å². The van der Waals surface area contributed by atoms with Crippen LogP contribution in [-0.4, -0.2) is 138 Å². The van der Waals surface area contributed by atoms with Gasteiger partial charge in [-0.15, -0.1) is 0 Å². The number of amides is 2. The quantitative estimate of drug-likeness (QED) is 0.00911. The number of aliphatic hydroxyl groups is 3. The van der Waals surface area contributed by atoms with Crippen molar-refractivity contribution in [2.75, 3.05) is 56.9 Å². The van der Waals surface area contributed by atoms with Gasteiger partial charge in [0.1, 0.15) is 30.5 Å². The smallest absolute Gasteiger partial charge is 0.365 e. The molecule has 1 unspecified atom stereocenters. The summed E-state index contributed by atoms with van der Waals surface area (Å²) < 4.78 is 73.5. The number of fused-ring (bicyclic) bond motifs is 1. The molecule has 7 rings (SSSR count). The molecule has 0 aliphatic carbocycles. The molecule has 2 fully saturated rings. The van der Waals surface area contributed by atoms with Crippen LogP contribution < -0.4 is 36.1 Å². The SMILES string of the molecule is CCCCCCCCCCCCCCCCCCOc1cc(C(=O)OCC(=O)O[C@]2(O)C[C@H](n3ccc(NC(=O)c4ccccc4)nc3=O)O[C@@H]2COP(=O)(OCCC#N)[C@]2(O)C[C@H](n3cnc4c(=O)[nH]c(NC(=O)C(C)C)nc43)O[C@@H]2CO)cc(OCCCCCCCCCCCCCCCCCC)c1OCCCCCCCCCCCCCCCCCC. The summed E-state index contributed by atoms with van der Waals surface area (Å²) in [5.41, 5.74) is -1.89. The molecule has 5 heterocycles. The van der Waals surface area contributed by atoms with Gasteiger partial charge in [-0.25, -0.2) is 19.4 Å². The molecule has 0 spiro atoms. The summed E-state index contributed by atoms with van der Waals surface area (Å²) >= 11 is 0. The van der Waals surface area contributed by atoms with Crippen LogP contribution in [0.15, 0.2) is 70.6 Å². The molecule has 29 heteroatoms. The van der Waals surface area contributed by atoms with Crippen molar-refractivity contribution in [1.29, 1.82) is 5.26 Å². The number of nitrogens with one attached hydrogen (secondary N) is 3. The molecule has 28 nitrogen and oxygen atoms in total. The molecule has 5 aromatic rings. The average Bonchev–Trinajstić information content (AvgIpc) is 1.59. The summed E-state index contributed by atoms with van der Waals surface area (Å²) in [6.07, 6.45) is 52.2. The van der Waals surface area contributed by atoms with Crippen LogP contribution in [0.25, 0.3) is 11.2 Å². The maximum atomic E-state index is 15.7. The summed E-state index contributed by atoms with van der Waals surface area (Å²) in [6.45, 7) is 7.19. The minimum atomic E-state index is -5.27. The van der Waals surface area contributed by atoms with Gasteiger partial charge >= 0.3 is 25.2 Å². The van der Waals surface area contributed by atoms with Crippen molar-refractivity contribution in [1.82, 2.24) is 29.1 Å². The number of H-pyrrole nitrogens is 1. The number of imidazole rings is 1. The largest absolute Gasteiger partial charge is 0.490 e. The Morgan fingerprint density at radius 3 is 1.46 bits per heavy atom. The summed E-state index contributed by atoms with van der Waals surface area (Å²) in [5, 5.41) is 48.3. The molecule has 2 saturated heterocycles. The number of aromatic nitrogens is 6. The first kappa shape index (κ1) is 104. The highest BCUT2D eigenvalue weighted by molar-refractivity contribution is 7.55. The van der Waals surface area contributed by atoms with E-state index in [9.17, 15) is 49.3 Å². The second-order valence-corrected chi connectivity index (χ2v) is 36.8. The topological polar surface area (TPSA) is 375 Å². The number of ether oxygens (including phenoxy) is 7. The van der Waals surface area contributed by atoms with Crippen molar-refractivity contribution in [2.45, 2.75) is 398 Å². The van der Waals surface area contributed by atoms with Crippen LogP contribution in [0.4, 0.5) is 11.8 Å². The van der Waals surface area contributed by atoms with Crippen LogP contribution in [0.5, 0.6) is 17.2 Å². The van der Waals surface area contributed by atoms with Crippen LogP contribution in [-0.2, 0) is 42.1 Å². The number of nitriles is 1. The number of aromatic amines is 1. The minimum Gasteiger partial charge on any atom is -0.490 e. The average molecular weight is 1770 g/mol. The zero-order valence-corrected chi connectivity index (χ0v) is 77.1. The first-order chi connectivity index (χ1) is 60.8. The third kappa shape index (κ3) is 37.2. The Bertz CT molecular complexity index is 4040. The molecule has 2 aliphatic rings. The molecule has 2 aliphatic heterocycles. The third-order valence-corrected chi connectivity index (χ3v) is 26.1. The van der Waals surface area contributed by atoms with E-state index in [1.807, 2.05) is 6.07 Å². The lowest BCUT2D eigenvalue weighted by molar-refractivity contribution is -0.232. The van der Waals surface area contributed by atoms with Crippen LogP contribution in [0.2, 0.25) is 0 Å². The number of anilines is 2. The van der Waals surface area contributed by atoms with E-state index in [0.717, 1.165) is 87.9 Å². The molecular formula is C96H152N9O19P. The van der Waals surface area contributed by atoms with Gasteiger partial charge in [0.2, 0.25) is 23.4 Å². The van der Waals surface area contributed by atoms with Crippen molar-refractivity contribution < 1.29 is 81.3 Å². The number of unbranched alkanes of at least 4 members (excludes halogenated alkanes) is 45. The molecule has 2 aromatic carbocycles. The van der Waals surface area contributed by atoms with E-state index in [1.54, 1.807) is 44.2 Å². The number of rotatable bonds is 72. The third-order valence-electron chi connectivity index (χ3n) is 23.7. The van der Waals surface area contributed by atoms with E-state index < -0.39 is 130 Å². The van der Waals surface area contributed by atoms with E-state index in [1.165, 1.54) is 260 Å². The molecule has 0 bridgehead atoms. The van der Waals surface area contributed by atoms with Gasteiger partial charge in [0.15, 0.2) is 34.6 Å². The Hall–Kier alpha value is -7.61. The second kappa shape index (κ2) is 60.2. The van der Waals surface area contributed by atoms with Gasteiger partial charge in [-0.1, -0.05) is 342 Å². The highest BCUT2D eigenvalue weighted by Crippen LogP contribution is 2.66. The zero-order valence-electron chi connectivity index (χ0n) is 76.2. The molecule has 2 amide bonds. The fourth-order valence-electron chi connectivity index (χ4n) is 16.1. The Morgan fingerprint density at radius 2 is 1.02 bits per heavy atom. The predicted molar refractivity (Wildman–Crippen MR) is 486 cm³/mol. The van der Waals surface area contributed by atoms with Crippen LogP contribution in [0.1, 0.15) is 395 Å². The number of hydrogen-bond donors (Lipinski definition) is 6. The predicted octanol–water partition coefficient (Wildman–Crippen LogP) is 21.6. The van der Waals surface area contributed by atoms with Crippen LogP contribution >= 0.6 is 7.60 Å². The lowest BCUT2D eigenvalue weighted by Crippen LogP contribution is -2.47. The van der Waals surface area contributed by atoms with Crippen molar-refractivity contribution in [3.05, 3.63) is 93.0 Å². The number of aliphatic hydroxyl groups excluding tert-OH is 1. The lowest BCUT2D eigenvalue weighted by Gasteiger charge is -2.35. The summed E-state index contributed by atoms with van der Waals surface area (Å²) in [7, 11) is -5.27. The highest BCUT2D eigenvalue weighted by Gasteiger charge is 2.63. The van der Waals surface area contributed by atoms with Crippen LogP contribution in [0, 0.1) is 17.2 Å². The summed E-state index contributed by atoms with van der Waals surface area (Å²) in [6, 6.07) is 14.4. The van der Waals surface area contributed by atoms with E-state index in [4.69, 9.17) is 42.2 Å². The van der Waals surface area contributed by atoms with E-state index in [-0.39, 0.29) is 45.6 Å². The minimum absolute atomic E-state index is 0.0310. The van der Waals surface area contributed by atoms with Crippen molar-refractivity contribution in [3.8, 4) is 23.3 Å². The lowest BCUT2D eigenvalue weighted by atomic mass is 10.0. The Morgan fingerprint density at radius 1 is 0.568 bits per heavy atom. The second-order valence-electron chi connectivity index (χ2n) is 34.5. The molecule has 6 N–H and O–H groups in total. The molecule has 7 atom stereocenters. The Labute approximate surface area is 743 Å². The molecule has 125 heavy (non-hydrogen) atoms. The molecule has 3 aromatic heterocycles. The van der Waals surface area contributed by atoms with Crippen molar-refractivity contribution >= 4 is 54.3 Å². The van der Waals surface area contributed by atoms with Crippen molar-refractivity contribution in [3.63, 3.8) is 0 Å². The van der Waals surface area contributed by atoms with Gasteiger partial charge in [0, 0.05) is 24.1 Å². The number of hydrogen-bond acceptors (Lipinski definition) is 23.